The number of nitrogens with two attached hydrogens (primary N) is 1. The van der Waals surface area contributed by atoms with Gasteiger partial charge in [0.2, 0.25) is 0 Å². The predicted octanol–water partition coefficient (Wildman–Crippen LogP) is 3.11. The first-order chi connectivity index (χ1) is 9.08. The van der Waals surface area contributed by atoms with Crippen LogP contribution in [0.2, 0.25) is 0 Å². The molecule has 98 valence electrons. The average Bonchev–Trinajstić information content (AvgIpc) is 2.39. The maximum Gasteiger partial charge on any atom is 0.339 e. The van der Waals surface area contributed by atoms with Crippen LogP contribution in [0, 0.1) is 0 Å². The van der Waals surface area contributed by atoms with Crippen molar-refractivity contribution in [1.82, 2.24) is 0 Å². The lowest BCUT2D eigenvalue weighted by Crippen LogP contribution is -2.08. The average molecular weight is 257 g/mol. The van der Waals surface area contributed by atoms with Crippen LogP contribution in [0.5, 0.6) is 5.75 Å². The molecule has 0 spiro atoms. The Kier molecular flexibility index (Phi) is 3.71. The number of hydrogen-bond donors (Lipinski definition) is 2. The van der Waals surface area contributed by atoms with Crippen LogP contribution in [0.3, 0.4) is 0 Å². The molecule has 2 aromatic carbocycles. The molecule has 19 heavy (non-hydrogen) atoms. The Morgan fingerprint density at radius 2 is 1.89 bits per heavy atom. The molecule has 0 saturated carbocycles. The second-order valence-electron chi connectivity index (χ2n) is 4.23. The van der Waals surface area contributed by atoms with E-state index in [0.29, 0.717) is 5.69 Å². The maximum absolute atomic E-state index is 11.1. The Morgan fingerprint density at radius 1 is 1.21 bits per heavy atom. The highest BCUT2D eigenvalue weighted by molar-refractivity contribution is 5.91. The van der Waals surface area contributed by atoms with Gasteiger partial charge in [0.25, 0.3) is 0 Å². The summed E-state index contributed by atoms with van der Waals surface area (Å²) < 4.78 is 5.71. The molecule has 3 N–H and O–H groups in total. The van der Waals surface area contributed by atoms with E-state index >= 15 is 0 Å². The van der Waals surface area contributed by atoms with E-state index in [9.17, 15) is 4.79 Å². The molecule has 0 aliphatic carbocycles. The summed E-state index contributed by atoms with van der Waals surface area (Å²) in [6.45, 7) is 1.87. The van der Waals surface area contributed by atoms with Crippen LogP contribution >= 0.6 is 0 Å². The number of aromatic carboxylic acids is 1. The summed E-state index contributed by atoms with van der Waals surface area (Å²) in [5.41, 5.74) is 7.22. The van der Waals surface area contributed by atoms with Gasteiger partial charge in [0, 0.05) is 11.8 Å². The molecule has 0 aliphatic heterocycles. The molecular formula is C15H15NO3. The normalized spacial score (nSPS) is 11.8. The monoisotopic (exact) mass is 257 g/mol. The van der Waals surface area contributed by atoms with E-state index in [4.69, 9.17) is 15.6 Å². The van der Waals surface area contributed by atoms with E-state index in [0.717, 1.165) is 5.56 Å². The van der Waals surface area contributed by atoms with Gasteiger partial charge in [-0.05, 0) is 24.6 Å². The molecule has 2 aromatic rings. The molecule has 0 heterocycles. The van der Waals surface area contributed by atoms with Crippen molar-refractivity contribution in [1.29, 1.82) is 0 Å². The van der Waals surface area contributed by atoms with Gasteiger partial charge in [-0.1, -0.05) is 30.3 Å². The Hall–Kier alpha value is -2.49. The lowest BCUT2D eigenvalue weighted by molar-refractivity contribution is 0.0690. The highest BCUT2D eigenvalue weighted by Gasteiger charge is 2.15. The Labute approximate surface area is 111 Å². The molecule has 4 nitrogen and oxygen atoms in total. The van der Waals surface area contributed by atoms with Crippen LogP contribution in [0.1, 0.15) is 28.9 Å². The maximum atomic E-state index is 11.1. The molecule has 0 fully saturated rings. The Morgan fingerprint density at radius 3 is 2.53 bits per heavy atom. The van der Waals surface area contributed by atoms with Gasteiger partial charge in [0.1, 0.15) is 17.4 Å². The van der Waals surface area contributed by atoms with Crippen molar-refractivity contribution in [2.45, 2.75) is 13.0 Å². The van der Waals surface area contributed by atoms with Crippen LogP contribution in [0.25, 0.3) is 0 Å². The first-order valence-corrected chi connectivity index (χ1v) is 5.92. The van der Waals surface area contributed by atoms with Gasteiger partial charge in [-0.3, -0.25) is 0 Å². The number of carboxylic acids is 1. The topological polar surface area (TPSA) is 72.5 Å². The SMILES string of the molecule is CC(Oc1cc(N)ccc1C(=O)O)c1ccccc1. The van der Waals surface area contributed by atoms with Crippen LogP contribution < -0.4 is 10.5 Å². The van der Waals surface area contributed by atoms with Gasteiger partial charge >= 0.3 is 5.97 Å². The zero-order chi connectivity index (χ0) is 13.8. The molecule has 0 aromatic heterocycles. The fourth-order valence-corrected chi connectivity index (χ4v) is 1.80. The van der Waals surface area contributed by atoms with Crippen molar-refractivity contribution in [2.75, 3.05) is 5.73 Å². The van der Waals surface area contributed by atoms with Crippen molar-refractivity contribution in [3.63, 3.8) is 0 Å². The number of benzene rings is 2. The molecule has 1 atom stereocenters. The predicted molar refractivity (Wildman–Crippen MR) is 73.3 cm³/mol. The molecule has 0 amide bonds. The molecule has 4 heteroatoms. The summed E-state index contributed by atoms with van der Waals surface area (Å²) in [5, 5.41) is 9.12. The smallest absolute Gasteiger partial charge is 0.339 e. The third-order valence-corrected chi connectivity index (χ3v) is 2.81. The fraction of sp³-hybridized carbons (Fsp3) is 0.133. The van der Waals surface area contributed by atoms with Gasteiger partial charge in [-0.15, -0.1) is 0 Å². The van der Waals surface area contributed by atoms with Gasteiger partial charge in [-0.2, -0.15) is 0 Å². The van der Waals surface area contributed by atoms with Gasteiger partial charge < -0.3 is 15.6 Å². The minimum absolute atomic E-state index is 0.108. The van der Waals surface area contributed by atoms with Crippen LogP contribution in [0.15, 0.2) is 48.5 Å². The molecular weight excluding hydrogens is 242 g/mol. The van der Waals surface area contributed by atoms with Crippen LogP contribution in [-0.4, -0.2) is 11.1 Å². The molecule has 0 saturated heterocycles. The van der Waals surface area contributed by atoms with Crippen molar-refractivity contribution in [3.05, 3.63) is 59.7 Å². The quantitative estimate of drug-likeness (QED) is 0.825. The standard InChI is InChI=1S/C15H15NO3/c1-10(11-5-3-2-4-6-11)19-14-9-12(16)7-8-13(14)15(17)18/h2-10H,16H2,1H3,(H,17,18). The zero-order valence-electron chi connectivity index (χ0n) is 10.5. The summed E-state index contributed by atoms with van der Waals surface area (Å²) in [5.74, 6) is -0.751. The minimum Gasteiger partial charge on any atom is -0.485 e. The third-order valence-electron chi connectivity index (χ3n) is 2.81. The number of anilines is 1. The summed E-state index contributed by atoms with van der Waals surface area (Å²) in [7, 11) is 0. The second-order valence-corrected chi connectivity index (χ2v) is 4.23. The van der Waals surface area contributed by atoms with E-state index in [1.165, 1.54) is 12.1 Å². The molecule has 0 radical (unpaired) electrons. The van der Waals surface area contributed by atoms with Crippen molar-refractivity contribution < 1.29 is 14.6 Å². The number of rotatable bonds is 4. The summed E-state index contributed by atoms with van der Waals surface area (Å²) in [6, 6.07) is 14.1. The van der Waals surface area contributed by atoms with E-state index < -0.39 is 5.97 Å². The summed E-state index contributed by atoms with van der Waals surface area (Å²) in [4.78, 5) is 11.1. The number of carbonyl (C=O) groups is 1. The first-order valence-electron chi connectivity index (χ1n) is 5.92. The first kappa shape index (κ1) is 13.0. The zero-order valence-corrected chi connectivity index (χ0v) is 10.5. The largest absolute Gasteiger partial charge is 0.485 e. The molecule has 0 aliphatic rings. The number of hydrogen-bond acceptors (Lipinski definition) is 3. The van der Waals surface area contributed by atoms with Crippen molar-refractivity contribution in [2.24, 2.45) is 0 Å². The van der Waals surface area contributed by atoms with Crippen LogP contribution in [0.4, 0.5) is 5.69 Å². The summed E-state index contributed by atoms with van der Waals surface area (Å²) >= 11 is 0. The summed E-state index contributed by atoms with van der Waals surface area (Å²) in [6.07, 6.45) is -0.249. The number of carboxylic acid groups (broad SMARTS) is 1. The number of ether oxygens (including phenoxy) is 1. The number of nitrogen functional groups attached to an aromatic ring is 1. The Bertz CT molecular complexity index is 581. The van der Waals surface area contributed by atoms with Crippen molar-refractivity contribution in [3.8, 4) is 5.75 Å². The van der Waals surface area contributed by atoms with Crippen LogP contribution in [-0.2, 0) is 0 Å². The fourth-order valence-electron chi connectivity index (χ4n) is 1.80. The molecule has 1 unspecified atom stereocenters. The lowest BCUT2D eigenvalue weighted by atomic mass is 10.1. The van der Waals surface area contributed by atoms with E-state index in [2.05, 4.69) is 0 Å². The second kappa shape index (κ2) is 5.44. The van der Waals surface area contributed by atoms with Gasteiger partial charge in [0.05, 0.1) is 0 Å². The molecule has 0 bridgehead atoms. The minimum atomic E-state index is -1.03. The third kappa shape index (κ3) is 3.04. The highest BCUT2D eigenvalue weighted by atomic mass is 16.5. The Balaban J connectivity index is 2.28. The highest BCUT2D eigenvalue weighted by Crippen LogP contribution is 2.27. The van der Waals surface area contributed by atoms with Gasteiger partial charge in [0.15, 0.2) is 0 Å². The van der Waals surface area contributed by atoms with E-state index in [1.54, 1.807) is 6.07 Å². The van der Waals surface area contributed by atoms with E-state index in [1.807, 2.05) is 37.3 Å². The lowest BCUT2D eigenvalue weighted by Gasteiger charge is -2.17. The van der Waals surface area contributed by atoms with Gasteiger partial charge in [-0.25, -0.2) is 4.79 Å². The molecule has 2 rings (SSSR count). The van der Waals surface area contributed by atoms with E-state index in [-0.39, 0.29) is 17.4 Å². The van der Waals surface area contributed by atoms with Crippen molar-refractivity contribution >= 4 is 11.7 Å².